The van der Waals surface area contributed by atoms with E-state index in [2.05, 4.69) is 27.2 Å². The highest BCUT2D eigenvalue weighted by molar-refractivity contribution is 6.33. The van der Waals surface area contributed by atoms with Gasteiger partial charge in [-0.25, -0.2) is 15.0 Å². The molecular formula is C25H25ClN6O3. The van der Waals surface area contributed by atoms with E-state index in [1.807, 2.05) is 41.4 Å². The minimum atomic E-state index is -0.216. The summed E-state index contributed by atoms with van der Waals surface area (Å²) in [6.45, 7) is 5.04. The highest BCUT2D eigenvalue weighted by Gasteiger charge is 2.30. The van der Waals surface area contributed by atoms with Gasteiger partial charge in [-0.2, -0.15) is 0 Å². The topological polar surface area (TPSA) is 102 Å². The fourth-order valence-electron chi connectivity index (χ4n) is 4.35. The molecule has 0 unspecified atom stereocenters. The van der Waals surface area contributed by atoms with Crippen LogP contribution in [0.15, 0.2) is 55.4 Å². The second-order valence-corrected chi connectivity index (χ2v) is 8.69. The van der Waals surface area contributed by atoms with Crippen LogP contribution < -0.4 is 20.3 Å². The standard InChI is InChI=1S/C25H25ClN6O3/c1-3-22(33)29-19-8-10-35-14-20(19)30-25-28-12-15-13-32(21-11-16(34-2)6-7-18(21)26)24-17(23(15)31-25)5-4-9-27-24/h3-7,9,11-12,19-20H,1,8,10,13-14H2,2H3,(H,29,33)(H,28,30,31)/t19-,20+/m0/s1. The molecule has 1 saturated heterocycles. The zero-order valence-electron chi connectivity index (χ0n) is 19.2. The number of amides is 1. The minimum Gasteiger partial charge on any atom is -0.497 e. The molecule has 0 radical (unpaired) electrons. The van der Waals surface area contributed by atoms with Crippen LogP contribution in [-0.2, 0) is 16.1 Å². The smallest absolute Gasteiger partial charge is 0.243 e. The predicted molar refractivity (Wildman–Crippen MR) is 134 cm³/mol. The number of fused-ring (bicyclic) bond motifs is 3. The molecule has 2 aromatic heterocycles. The van der Waals surface area contributed by atoms with Crippen LogP contribution in [0.4, 0.5) is 17.5 Å². The molecule has 35 heavy (non-hydrogen) atoms. The second kappa shape index (κ2) is 9.89. The molecule has 1 aromatic carbocycles. The van der Waals surface area contributed by atoms with Gasteiger partial charge >= 0.3 is 0 Å². The monoisotopic (exact) mass is 492 g/mol. The van der Waals surface area contributed by atoms with E-state index in [-0.39, 0.29) is 18.0 Å². The van der Waals surface area contributed by atoms with Crippen LogP contribution in [-0.4, -0.2) is 53.3 Å². The number of nitrogens with one attached hydrogen (secondary N) is 2. The van der Waals surface area contributed by atoms with Gasteiger partial charge in [0.25, 0.3) is 0 Å². The van der Waals surface area contributed by atoms with E-state index >= 15 is 0 Å². The third-order valence-corrected chi connectivity index (χ3v) is 6.44. The van der Waals surface area contributed by atoms with Crippen LogP contribution in [0.25, 0.3) is 11.3 Å². The fourth-order valence-corrected chi connectivity index (χ4v) is 4.57. The number of carbonyl (C=O) groups excluding carboxylic acids is 1. The Bertz CT molecular complexity index is 1270. The van der Waals surface area contributed by atoms with Crippen LogP contribution in [0.5, 0.6) is 5.75 Å². The van der Waals surface area contributed by atoms with E-state index in [9.17, 15) is 4.79 Å². The van der Waals surface area contributed by atoms with Crippen molar-refractivity contribution in [2.24, 2.45) is 0 Å². The molecular weight excluding hydrogens is 468 g/mol. The summed E-state index contributed by atoms with van der Waals surface area (Å²) >= 11 is 6.56. The van der Waals surface area contributed by atoms with Crippen molar-refractivity contribution < 1.29 is 14.3 Å². The minimum absolute atomic E-state index is 0.117. The Kier molecular flexibility index (Phi) is 6.52. The first-order valence-electron chi connectivity index (χ1n) is 11.3. The normalized spacial score (nSPS) is 18.7. The Morgan fingerprint density at radius 1 is 1.31 bits per heavy atom. The number of methoxy groups -OCH3 is 1. The fraction of sp³-hybridized carbons (Fsp3) is 0.280. The number of hydrogen-bond donors (Lipinski definition) is 2. The van der Waals surface area contributed by atoms with Crippen LogP contribution in [0, 0.1) is 0 Å². The molecule has 0 spiro atoms. The van der Waals surface area contributed by atoms with E-state index in [0.717, 1.165) is 28.3 Å². The Hall–Kier alpha value is -3.69. The SMILES string of the molecule is C=CC(=O)N[C@H]1CCOC[C@H]1Nc1ncc2c(n1)-c1cccnc1N(c1cc(OC)ccc1Cl)C2. The van der Waals surface area contributed by atoms with Crippen molar-refractivity contribution in [2.45, 2.75) is 25.0 Å². The first-order valence-corrected chi connectivity index (χ1v) is 11.6. The van der Waals surface area contributed by atoms with Gasteiger partial charge in [0.05, 0.1) is 48.7 Å². The molecule has 1 amide bonds. The first-order chi connectivity index (χ1) is 17.1. The highest BCUT2D eigenvalue weighted by atomic mass is 35.5. The molecule has 0 aliphatic carbocycles. The average Bonchev–Trinajstić information content (AvgIpc) is 2.89. The second-order valence-electron chi connectivity index (χ2n) is 8.28. The third kappa shape index (κ3) is 4.65. The van der Waals surface area contributed by atoms with Crippen molar-refractivity contribution in [3.05, 3.63) is 66.0 Å². The van der Waals surface area contributed by atoms with E-state index in [1.165, 1.54) is 6.08 Å². The van der Waals surface area contributed by atoms with Crippen LogP contribution in [0.2, 0.25) is 5.02 Å². The summed E-state index contributed by atoms with van der Waals surface area (Å²) in [6.07, 6.45) is 5.51. The Morgan fingerprint density at radius 2 is 2.20 bits per heavy atom. The van der Waals surface area contributed by atoms with Gasteiger partial charge in [-0.3, -0.25) is 4.79 Å². The summed E-state index contributed by atoms with van der Waals surface area (Å²) in [5.74, 6) is 1.69. The van der Waals surface area contributed by atoms with Crippen molar-refractivity contribution in [3.8, 4) is 17.0 Å². The summed E-state index contributed by atoms with van der Waals surface area (Å²) in [7, 11) is 1.62. The maximum absolute atomic E-state index is 11.9. The molecule has 0 bridgehead atoms. The lowest BCUT2D eigenvalue weighted by Crippen LogP contribution is -2.52. The molecule has 9 nitrogen and oxygen atoms in total. The lowest BCUT2D eigenvalue weighted by molar-refractivity contribution is -0.117. The number of rotatable bonds is 6. The summed E-state index contributed by atoms with van der Waals surface area (Å²) < 4.78 is 11.0. The first kappa shape index (κ1) is 23.1. The zero-order valence-corrected chi connectivity index (χ0v) is 20.0. The van der Waals surface area contributed by atoms with Crippen LogP contribution >= 0.6 is 11.6 Å². The number of anilines is 3. The van der Waals surface area contributed by atoms with Gasteiger partial charge in [0.1, 0.15) is 11.6 Å². The molecule has 4 heterocycles. The number of pyridine rings is 1. The zero-order chi connectivity index (χ0) is 24.4. The molecule has 5 rings (SSSR count). The van der Waals surface area contributed by atoms with E-state index < -0.39 is 0 Å². The van der Waals surface area contributed by atoms with Crippen molar-refractivity contribution in [1.29, 1.82) is 0 Å². The number of hydrogen-bond acceptors (Lipinski definition) is 8. The average molecular weight is 493 g/mol. The summed E-state index contributed by atoms with van der Waals surface area (Å²) in [5.41, 5.74) is 3.39. The van der Waals surface area contributed by atoms with Crippen LogP contribution in [0.3, 0.4) is 0 Å². The van der Waals surface area contributed by atoms with Crippen LogP contribution in [0.1, 0.15) is 12.0 Å². The number of carbonyl (C=O) groups is 1. The van der Waals surface area contributed by atoms with Gasteiger partial charge in [0, 0.05) is 36.2 Å². The summed E-state index contributed by atoms with van der Waals surface area (Å²) in [4.78, 5) is 27.9. The lowest BCUT2D eigenvalue weighted by Gasteiger charge is -2.33. The highest BCUT2D eigenvalue weighted by Crippen LogP contribution is 2.43. The largest absolute Gasteiger partial charge is 0.497 e. The number of nitrogens with zero attached hydrogens (tertiary/aromatic N) is 4. The number of benzene rings is 1. The molecule has 2 aliphatic rings. The Labute approximate surface area is 208 Å². The van der Waals surface area contributed by atoms with Crippen molar-refractivity contribution in [3.63, 3.8) is 0 Å². The van der Waals surface area contributed by atoms with Gasteiger partial charge in [0.15, 0.2) is 0 Å². The Morgan fingerprint density at radius 3 is 3.03 bits per heavy atom. The maximum Gasteiger partial charge on any atom is 0.243 e. The summed E-state index contributed by atoms with van der Waals surface area (Å²) in [6, 6.07) is 9.10. The lowest BCUT2D eigenvalue weighted by atomic mass is 10.0. The number of halogens is 1. The quantitative estimate of drug-likeness (QED) is 0.502. The molecule has 2 N–H and O–H groups in total. The van der Waals surface area contributed by atoms with Gasteiger partial charge < -0.3 is 25.0 Å². The number of aromatic nitrogens is 3. The molecule has 180 valence electrons. The van der Waals surface area contributed by atoms with Gasteiger partial charge in [-0.15, -0.1) is 0 Å². The molecule has 2 aliphatic heterocycles. The summed E-state index contributed by atoms with van der Waals surface area (Å²) in [5, 5.41) is 6.89. The maximum atomic E-state index is 11.9. The Balaban J connectivity index is 1.46. The van der Waals surface area contributed by atoms with E-state index in [1.54, 1.807) is 13.3 Å². The predicted octanol–water partition coefficient (Wildman–Crippen LogP) is 3.72. The van der Waals surface area contributed by atoms with E-state index in [0.29, 0.717) is 42.9 Å². The molecule has 2 atom stereocenters. The molecule has 10 heteroatoms. The van der Waals surface area contributed by atoms with E-state index in [4.69, 9.17) is 26.1 Å². The molecule has 3 aromatic rings. The van der Waals surface area contributed by atoms with Crippen molar-refractivity contribution in [1.82, 2.24) is 20.3 Å². The molecule has 0 saturated carbocycles. The van der Waals surface area contributed by atoms with Crippen molar-refractivity contribution >= 4 is 35.0 Å². The van der Waals surface area contributed by atoms with Gasteiger partial charge in [0.2, 0.25) is 11.9 Å². The molecule has 1 fully saturated rings. The van der Waals surface area contributed by atoms with Gasteiger partial charge in [-0.05, 0) is 36.8 Å². The third-order valence-electron chi connectivity index (χ3n) is 6.12. The van der Waals surface area contributed by atoms with Gasteiger partial charge in [-0.1, -0.05) is 18.2 Å². The number of ether oxygens (including phenoxy) is 2. The van der Waals surface area contributed by atoms with Crippen molar-refractivity contribution in [2.75, 3.05) is 30.5 Å².